The van der Waals surface area contributed by atoms with Gasteiger partial charge in [0.2, 0.25) is 5.91 Å². The summed E-state index contributed by atoms with van der Waals surface area (Å²) in [6.07, 6.45) is 0. The van der Waals surface area contributed by atoms with Gasteiger partial charge in [0.1, 0.15) is 11.8 Å². The second-order valence-corrected chi connectivity index (χ2v) is 6.71. The molecule has 2 N–H and O–H groups in total. The van der Waals surface area contributed by atoms with E-state index >= 15 is 0 Å². The summed E-state index contributed by atoms with van der Waals surface area (Å²) in [6, 6.07) is 11.2. The summed E-state index contributed by atoms with van der Waals surface area (Å²) in [5, 5.41) is 5.63. The Balaban J connectivity index is 2.10. The molecule has 2 aromatic carbocycles. The predicted molar refractivity (Wildman–Crippen MR) is 112 cm³/mol. The molecule has 0 saturated heterocycles. The van der Waals surface area contributed by atoms with E-state index in [1.807, 2.05) is 20.8 Å². The van der Waals surface area contributed by atoms with E-state index in [2.05, 4.69) is 10.6 Å². The van der Waals surface area contributed by atoms with Gasteiger partial charge < -0.3 is 24.8 Å². The molecule has 0 aliphatic carbocycles. The van der Waals surface area contributed by atoms with Crippen LogP contribution in [0.1, 0.15) is 31.1 Å². The molecule has 0 bridgehead atoms. The Kier molecular flexibility index (Phi) is 7.88. The number of hydrogen-bond acceptors (Lipinski definition) is 5. The SMILES string of the molecule is CCOc1ccc(C(=O)N[C@H](C(=O)Nc2ccc(OC)c(OC)c2)C(C)C)cc1. The van der Waals surface area contributed by atoms with Crippen LogP contribution in [0.3, 0.4) is 0 Å². The minimum atomic E-state index is -0.706. The van der Waals surface area contributed by atoms with Crippen LogP contribution in [-0.2, 0) is 4.79 Å². The minimum Gasteiger partial charge on any atom is -0.494 e. The lowest BCUT2D eigenvalue weighted by atomic mass is 10.0. The molecule has 2 rings (SSSR count). The molecule has 0 aromatic heterocycles. The van der Waals surface area contributed by atoms with Gasteiger partial charge in [-0.25, -0.2) is 0 Å². The number of nitrogens with one attached hydrogen (secondary N) is 2. The zero-order chi connectivity index (χ0) is 21.4. The van der Waals surface area contributed by atoms with Crippen molar-refractivity contribution in [3.63, 3.8) is 0 Å². The lowest BCUT2D eigenvalue weighted by Crippen LogP contribution is -2.47. The quantitative estimate of drug-likeness (QED) is 0.673. The van der Waals surface area contributed by atoms with E-state index in [-0.39, 0.29) is 17.7 Å². The van der Waals surface area contributed by atoms with E-state index in [9.17, 15) is 9.59 Å². The summed E-state index contributed by atoms with van der Waals surface area (Å²) < 4.78 is 15.8. The fourth-order valence-corrected chi connectivity index (χ4v) is 2.76. The number of methoxy groups -OCH3 is 2. The lowest BCUT2D eigenvalue weighted by Gasteiger charge is -2.22. The normalized spacial score (nSPS) is 11.5. The van der Waals surface area contributed by atoms with Crippen molar-refractivity contribution in [1.82, 2.24) is 5.32 Å². The van der Waals surface area contributed by atoms with Crippen LogP contribution in [0.15, 0.2) is 42.5 Å². The summed E-state index contributed by atoms with van der Waals surface area (Å²) in [6.45, 7) is 6.19. The molecular formula is C22H28N2O5. The van der Waals surface area contributed by atoms with E-state index < -0.39 is 6.04 Å². The topological polar surface area (TPSA) is 85.9 Å². The first kappa shape index (κ1) is 22.1. The zero-order valence-corrected chi connectivity index (χ0v) is 17.4. The maximum Gasteiger partial charge on any atom is 0.251 e. The number of ether oxygens (including phenoxy) is 3. The average Bonchev–Trinajstić information content (AvgIpc) is 2.72. The van der Waals surface area contributed by atoms with Crippen molar-refractivity contribution in [3.8, 4) is 17.2 Å². The van der Waals surface area contributed by atoms with Crippen LogP contribution in [0.4, 0.5) is 5.69 Å². The van der Waals surface area contributed by atoms with Crippen molar-refractivity contribution in [2.24, 2.45) is 5.92 Å². The van der Waals surface area contributed by atoms with Gasteiger partial charge in [-0.1, -0.05) is 13.8 Å². The molecule has 0 fully saturated rings. The Morgan fingerprint density at radius 3 is 2.17 bits per heavy atom. The number of anilines is 1. The molecule has 156 valence electrons. The van der Waals surface area contributed by atoms with Crippen LogP contribution >= 0.6 is 0 Å². The molecule has 7 nitrogen and oxygen atoms in total. The van der Waals surface area contributed by atoms with Gasteiger partial charge in [0.25, 0.3) is 5.91 Å². The smallest absolute Gasteiger partial charge is 0.251 e. The number of carbonyl (C=O) groups is 2. The number of hydrogen-bond donors (Lipinski definition) is 2. The summed E-state index contributed by atoms with van der Waals surface area (Å²) >= 11 is 0. The fraction of sp³-hybridized carbons (Fsp3) is 0.364. The largest absolute Gasteiger partial charge is 0.494 e. The standard InChI is InChI=1S/C22H28N2O5/c1-6-29-17-10-7-15(8-11-17)21(25)24-20(14(2)3)22(26)23-16-9-12-18(27-4)19(13-16)28-5/h7-14,20H,6H2,1-5H3,(H,23,26)(H,24,25)/t20-/m0/s1. The van der Waals surface area contributed by atoms with Crippen molar-refractivity contribution in [2.45, 2.75) is 26.8 Å². The molecule has 0 unspecified atom stereocenters. The van der Waals surface area contributed by atoms with Gasteiger partial charge in [-0.05, 0) is 49.2 Å². The summed E-state index contributed by atoms with van der Waals surface area (Å²) in [5.41, 5.74) is 1.01. The Morgan fingerprint density at radius 1 is 0.966 bits per heavy atom. The van der Waals surface area contributed by atoms with Crippen LogP contribution in [0, 0.1) is 5.92 Å². The highest BCUT2D eigenvalue weighted by Crippen LogP contribution is 2.29. The van der Waals surface area contributed by atoms with Gasteiger partial charge in [0.05, 0.1) is 20.8 Å². The predicted octanol–water partition coefficient (Wildman–Crippen LogP) is 3.50. The van der Waals surface area contributed by atoms with E-state index in [4.69, 9.17) is 14.2 Å². The average molecular weight is 400 g/mol. The first-order valence-electron chi connectivity index (χ1n) is 9.46. The molecule has 0 aliphatic rings. The van der Waals surface area contributed by atoms with Gasteiger partial charge in [0, 0.05) is 17.3 Å². The van der Waals surface area contributed by atoms with E-state index in [1.54, 1.807) is 49.6 Å². The molecule has 0 spiro atoms. The first-order valence-corrected chi connectivity index (χ1v) is 9.46. The van der Waals surface area contributed by atoms with Gasteiger partial charge in [-0.2, -0.15) is 0 Å². The van der Waals surface area contributed by atoms with Crippen LogP contribution < -0.4 is 24.8 Å². The molecular weight excluding hydrogens is 372 g/mol. The number of carbonyl (C=O) groups excluding carboxylic acids is 2. The monoisotopic (exact) mass is 400 g/mol. The molecule has 2 aromatic rings. The van der Waals surface area contributed by atoms with Gasteiger partial charge in [-0.15, -0.1) is 0 Å². The van der Waals surface area contributed by atoms with Gasteiger partial charge in [-0.3, -0.25) is 9.59 Å². The number of amides is 2. The molecule has 7 heteroatoms. The molecule has 1 atom stereocenters. The third-order valence-corrected chi connectivity index (χ3v) is 4.31. The van der Waals surface area contributed by atoms with Gasteiger partial charge >= 0.3 is 0 Å². The zero-order valence-electron chi connectivity index (χ0n) is 17.4. The first-order chi connectivity index (χ1) is 13.9. The van der Waals surface area contributed by atoms with Gasteiger partial charge in [0.15, 0.2) is 11.5 Å². The summed E-state index contributed by atoms with van der Waals surface area (Å²) in [7, 11) is 3.07. The molecule has 0 aliphatic heterocycles. The van der Waals surface area contributed by atoms with Crippen LogP contribution in [0.2, 0.25) is 0 Å². The van der Waals surface area contributed by atoms with Crippen molar-refractivity contribution in [3.05, 3.63) is 48.0 Å². The highest BCUT2D eigenvalue weighted by atomic mass is 16.5. The highest BCUT2D eigenvalue weighted by molar-refractivity contribution is 6.01. The maximum absolute atomic E-state index is 12.8. The molecule has 0 saturated carbocycles. The van der Waals surface area contributed by atoms with Crippen molar-refractivity contribution >= 4 is 17.5 Å². The number of benzene rings is 2. The van der Waals surface area contributed by atoms with Crippen LogP contribution in [-0.4, -0.2) is 38.7 Å². The van der Waals surface area contributed by atoms with Crippen molar-refractivity contribution < 1.29 is 23.8 Å². The maximum atomic E-state index is 12.8. The minimum absolute atomic E-state index is 0.109. The Labute approximate surface area is 171 Å². The Morgan fingerprint density at radius 2 is 1.62 bits per heavy atom. The second kappa shape index (κ2) is 10.4. The fourth-order valence-electron chi connectivity index (χ4n) is 2.76. The number of rotatable bonds is 9. The lowest BCUT2D eigenvalue weighted by molar-refractivity contribution is -0.118. The van der Waals surface area contributed by atoms with Crippen molar-refractivity contribution in [2.75, 3.05) is 26.1 Å². The molecule has 0 heterocycles. The van der Waals surface area contributed by atoms with E-state index in [1.165, 1.54) is 7.11 Å². The van der Waals surface area contributed by atoms with Crippen LogP contribution in [0.25, 0.3) is 0 Å². The highest BCUT2D eigenvalue weighted by Gasteiger charge is 2.25. The Bertz CT molecular complexity index is 834. The Hall–Kier alpha value is -3.22. The summed E-state index contributed by atoms with van der Waals surface area (Å²) in [4.78, 5) is 25.4. The molecule has 0 radical (unpaired) electrons. The second-order valence-electron chi connectivity index (χ2n) is 6.71. The molecule has 29 heavy (non-hydrogen) atoms. The van der Waals surface area contributed by atoms with E-state index in [0.29, 0.717) is 35.1 Å². The van der Waals surface area contributed by atoms with E-state index in [0.717, 1.165) is 0 Å². The summed E-state index contributed by atoms with van der Waals surface area (Å²) in [5.74, 6) is 1.01. The molecule has 2 amide bonds. The van der Waals surface area contributed by atoms with Crippen LogP contribution in [0.5, 0.6) is 17.2 Å². The van der Waals surface area contributed by atoms with Crippen molar-refractivity contribution in [1.29, 1.82) is 0 Å². The third-order valence-electron chi connectivity index (χ3n) is 4.31. The third kappa shape index (κ3) is 5.88.